The normalized spacial score (nSPS) is 15.1. The molecule has 1 fully saturated rings. The number of carbonyl (C=O) groups excluding carboxylic acids is 1. The Balaban J connectivity index is 1.59. The number of hydrogen-bond donors (Lipinski definition) is 2. The van der Waals surface area contributed by atoms with Crippen LogP contribution in [-0.2, 0) is 10.0 Å². The second kappa shape index (κ2) is 7.36. The molecule has 0 radical (unpaired) electrons. The third-order valence-electron chi connectivity index (χ3n) is 3.64. The molecular formula is C15H18N4O4S2. The lowest BCUT2D eigenvalue weighted by Gasteiger charge is -2.13. The molecule has 10 heteroatoms. The molecule has 1 aromatic carbocycles. The van der Waals surface area contributed by atoms with Crippen molar-refractivity contribution in [2.45, 2.75) is 31.8 Å². The highest BCUT2D eigenvalue weighted by Gasteiger charge is 2.17. The van der Waals surface area contributed by atoms with E-state index in [1.807, 2.05) is 0 Å². The molecule has 0 bridgehead atoms. The molecule has 0 unspecified atom stereocenters. The Morgan fingerprint density at radius 3 is 2.44 bits per heavy atom. The molecule has 3 rings (SSSR count). The topological polar surface area (TPSA) is 110 Å². The zero-order chi connectivity index (χ0) is 17.9. The van der Waals surface area contributed by atoms with Crippen molar-refractivity contribution in [2.24, 2.45) is 0 Å². The van der Waals surface area contributed by atoms with Gasteiger partial charge in [-0.15, -0.1) is 10.2 Å². The average Bonchev–Trinajstić information content (AvgIpc) is 3.18. The summed E-state index contributed by atoms with van der Waals surface area (Å²) in [6, 6.07) is 6.89. The van der Waals surface area contributed by atoms with Crippen LogP contribution in [0.5, 0.6) is 5.75 Å². The highest BCUT2D eigenvalue weighted by atomic mass is 32.2. The van der Waals surface area contributed by atoms with E-state index in [1.165, 1.54) is 12.8 Å². The van der Waals surface area contributed by atoms with Crippen molar-refractivity contribution in [1.82, 2.24) is 10.2 Å². The summed E-state index contributed by atoms with van der Waals surface area (Å²) >= 11 is 0.938. The molecule has 1 heterocycles. The van der Waals surface area contributed by atoms with Crippen molar-refractivity contribution in [1.29, 1.82) is 0 Å². The number of carbonyl (C=O) groups is 1. The molecule has 8 nitrogen and oxygen atoms in total. The van der Waals surface area contributed by atoms with Crippen molar-refractivity contribution in [2.75, 3.05) is 16.3 Å². The van der Waals surface area contributed by atoms with Gasteiger partial charge in [-0.25, -0.2) is 8.42 Å². The zero-order valence-corrected chi connectivity index (χ0v) is 15.2. The van der Waals surface area contributed by atoms with Crippen molar-refractivity contribution in [3.05, 3.63) is 29.8 Å². The lowest BCUT2D eigenvalue weighted by atomic mass is 10.2. The summed E-state index contributed by atoms with van der Waals surface area (Å²) in [7, 11) is -3.43. The molecule has 2 aromatic rings. The van der Waals surface area contributed by atoms with Crippen molar-refractivity contribution in [3.8, 4) is 5.75 Å². The molecule has 1 amide bonds. The van der Waals surface area contributed by atoms with Crippen LogP contribution in [0.3, 0.4) is 0 Å². The maximum atomic E-state index is 12.2. The fraction of sp³-hybridized carbons (Fsp3) is 0.400. The minimum absolute atomic E-state index is 0.0955. The molecule has 1 aliphatic carbocycles. The zero-order valence-electron chi connectivity index (χ0n) is 13.6. The van der Waals surface area contributed by atoms with Crippen LogP contribution >= 0.6 is 11.3 Å². The number of sulfonamides is 1. The van der Waals surface area contributed by atoms with Gasteiger partial charge < -0.3 is 4.74 Å². The number of ether oxygens (including phenoxy) is 1. The van der Waals surface area contributed by atoms with Crippen molar-refractivity contribution in [3.63, 3.8) is 0 Å². The standard InChI is InChI=1S/C15H18N4O4S2/c1-25(21,22)19-15-18-17-14(24-15)16-13(20)10-6-8-12(9-7-10)23-11-4-2-3-5-11/h6-9,11H,2-5H2,1H3,(H,18,19)(H,16,17,20). The number of nitrogens with one attached hydrogen (secondary N) is 2. The van der Waals surface area contributed by atoms with E-state index in [9.17, 15) is 13.2 Å². The maximum absolute atomic E-state index is 12.2. The maximum Gasteiger partial charge on any atom is 0.257 e. The fourth-order valence-electron chi connectivity index (χ4n) is 2.53. The lowest BCUT2D eigenvalue weighted by Crippen LogP contribution is -2.13. The van der Waals surface area contributed by atoms with Gasteiger partial charge in [-0.3, -0.25) is 14.8 Å². The van der Waals surface area contributed by atoms with Gasteiger partial charge in [0.2, 0.25) is 20.3 Å². The minimum atomic E-state index is -3.43. The Hall–Kier alpha value is -2.20. The first-order valence-electron chi connectivity index (χ1n) is 7.78. The first kappa shape index (κ1) is 17.6. The Bertz CT molecular complexity index is 843. The minimum Gasteiger partial charge on any atom is -0.490 e. The summed E-state index contributed by atoms with van der Waals surface area (Å²) in [5.74, 6) is 0.397. The van der Waals surface area contributed by atoms with Gasteiger partial charge in [0.15, 0.2) is 0 Å². The molecule has 1 aromatic heterocycles. The van der Waals surface area contributed by atoms with Crippen LogP contribution in [0.15, 0.2) is 24.3 Å². The first-order valence-corrected chi connectivity index (χ1v) is 10.5. The van der Waals surface area contributed by atoms with Gasteiger partial charge in [0, 0.05) is 5.56 Å². The van der Waals surface area contributed by atoms with E-state index >= 15 is 0 Å². The van der Waals surface area contributed by atoms with E-state index in [0.29, 0.717) is 5.56 Å². The number of benzene rings is 1. The highest BCUT2D eigenvalue weighted by Crippen LogP contribution is 2.25. The number of aromatic nitrogens is 2. The third kappa shape index (κ3) is 5.13. The van der Waals surface area contributed by atoms with E-state index in [0.717, 1.165) is 36.2 Å². The fourth-order valence-corrected chi connectivity index (χ4v) is 4.00. The SMILES string of the molecule is CS(=O)(=O)Nc1nnc(NC(=O)c2ccc(OC3CCCC3)cc2)s1. The van der Waals surface area contributed by atoms with Gasteiger partial charge in [0.05, 0.1) is 12.4 Å². The molecule has 0 aliphatic heterocycles. The largest absolute Gasteiger partial charge is 0.490 e. The van der Waals surface area contributed by atoms with Crippen LogP contribution in [-0.4, -0.2) is 36.9 Å². The average molecular weight is 382 g/mol. The summed E-state index contributed by atoms with van der Waals surface area (Å²) in [6.07, 6.45) is 5.82. The second-order valence-electron chi connectivity index (χ2n) is 5.79. The molecule has 2 N–H and O–H groups in total. The molecule has 134 valence electrons. The van der Waals surface area contributed by atoms with Crippen LogP contribution in [0.25, 0.3) is 0 Å². The third-order valence-corrected chi connectivity index (χ3v) is 5.09. The van der Waals surface area contributed by atoms with Crippen LogP contribution in [0.4, 0.5) is 10.3 Å². The molecule has 0 spiro atoms. The molecule has 1 aliphatic rings. The number of amides is 1. The van der Waals surface area contributed by atoms with Gasteiger partial charge >= 0.3 is 0 Å². The van der Waals surface area contributed by atoms with E-state index in [1.54, 1.807) is 24.3 Å². The summed E-state index contributed by atoms with van der Waals surface area (Å²) in [5.41, 5.74) is 0.451. The van der Waals surface area contributed by atoms with Gasteiger partial charge in [0.25, 0.3) is 5.91 Å². The number of rotatable bonds is 6. The number of nitrogens with zero attached hydrogens (tertiary/aromatic N) is 2. The first-order chi connectivity index (χ1) is 11.9. The van der Waals surface area contributed by atoms with E-state index < -0.39 is 10.0 Å². The molecule has 1 saturated carbocycles. The van der Waals surface area contributed by atoms with E-state index in [4.69, 9.17) is 4.74 Å². The Kier molecular flexibility index (Phi) is 5.19. The van der Waals surface area contributed by atoms with Crippen molar-refractivity contribution >= 4 is 37.5 Å². The molecule has 25 heavy (non-hydrogen) atoms. The summed E-state index contributed by atoms with van der Waals surface area (Å²) in [4.78, 5) is 12.2. The van der Waals surface area contributed by atoms with Gasteiger partial charge in [-0.2, -0.15) is 0 Å². The Morgan fingerprint density at radius 1 is 1.16 bits per heavy atom. The predicted octanol–water partition coefficient (Wildman–Crippen LogP) is 2.48. The summed E-state index contributed by atoms with van der Waals surface area (Å²) in [6.45, 7) is 0. The number of hydrogen-bond acceptors (Lipinski definition) is 7. The van der Waals surface area contributed by atoms with Gasteiger partial charge in [0.1, 0.15) is 5.75 Å². The Labute approximate surface area is 149 Å². The van der Waals surface area contributed by atoms with Gasteiger partial charge in [-0.05, 0) is 49.9 Å². The van der Waals surface area contributed by atoms with E-state index in [2.05, 4.69) is 20.2 Å². The monoisotopic (exact) mass is 382 g/mol. The molecule has 0 atom stereocenters. The second-order valence-corrected chi connectivity index (χ2v) is 8.52. The quantitative estimate of drug-likeness (QED) is 0.794. The number of anilines is 2. The van der Waals surface area contributed by atoms with Crippen LogP contribution < -0.4 is 14.8 Å². The van der Waals surface area contributed by atoms with E-state index in [-0.39, 0.29) is 22.3 Å². The Morgan fingerprint density at radius 2 is 1.80 bits per heavy atom. The van der Waals surface area contributed by atoms with Crippen LogP contribution in [0, 0.1) is 0 Å². The summed E-state index contributed by atoms with van der Waals surface area (Å²) < 4.78 is 30.3. The highest BCUT2D eigenvalue weighted by molar-refractivity contribution is 7.92. The van der Waals surface area contributed by atoms with Crippen LogP contribution in [0.1, 0.15) is 36.0 Å². The van der Waals surface area contributed by atoms with Crippen LogP contribution in [0.2, 0.25) is 0 Å². The summed E-state index contributed by atoms with van der Waals surface area (Å²) in [5, 5.41) is 10.3. The lowest BCUT2D eigenvalue weighted by molar-refractivity contribution is 0.102. The molecular weight excluding hydrogens is 364 g/mol. The molecule has 0 saturated heterocycles. The smallest absolute Gasteiger partial charge is 0.257 e. The predicted molar refractivity (Wildman–Crippen MR) is 95.7 cm³/mol. The van der Waals surface area contributed by atoms with Crippen molar-refractivity contribution < 1.29 is 17.9 Å². The van der Waals surface area contributed by atoms with Gasteiger partial charge in [-0.1, -0.05) is 11.3 Å².